The lowest BCUT2D eigenvalue weighted by molar-refractivity contribution is 0.591. The Hall–Kier alpha value is -1.28. The SMILES string of the molecule is Cc1[nH]c2ccc(C(C)(C)C)cc2c1CCC(C)N. The molecule has 19 heavy (non-hydrogen) atoms. The first-order valence-electron chi connectivity index (χ1n) is 7.16. The van der Waals surface area contributed by atoms with Crippen LogP contribution in [0.3, 0.4) is 0 Å². The highest BCUT2D eigenvalue weighted by Crippen LogP contribution is 2.29. The lowest BCUT2D eigenvalue weighted by Crippen LogP contribution is -2.15. The van der Waals surface area contributed by atoms with E-state index in [1.807, 2.05) is 0 Å². The molecule has 2 nitrogen and oxygen atoms in total. The van der Waals surface area contributed by atoms with E-state index in [-0.39, 0.29) is 11.5 Å². The van der Waals surface area contributed by atoms with Crippen LogP contribution >= 0.6 is 0 Å². The minimum atomic E-state index is 0.192. The molecular weight excluding hydrogens is 232 g/mol. The second-order valence-electron chi connectivity index (χ2n) is 6.75. The van der Waals surface area contributed by atoms with E-state index in [1.54, 1.807) is 0 Å². The minimum Gasteiger partial charge on any atom is -0.358 e. The van der Waals surface area contributed by atoms with Gasteiger partial charge in [-0.15, -0.1) is 0 Å². The second kappa shape index (κ2) is 5.01. The van der Waals surface area contributed by atoms with Crippen LogP contribution < -0.4 is 5.73 Å². The largest absolute Gasteiger partial charge is 0.358 e. The molecule has 3 N–H and O–H groups in total. The molecule has 1 atom stereocenters. The summed E-state index contributed by atoms with van der Waals surface area (Å²) in [5, 5.41) is 1.37. The number of aromatic nitrogens is 1. The number of aromatic amines is 1. The maximum Gasteiger partial charge on any atom is 0.0459 e. The molecule has 0 aliphatic rings. The molecule has 1 heterocycles. The van der Waals surface area contributed by atoms with E-state index < -0.39 is 0 Å². The van der Waals surface area contributed by atoms with E-state index >= 15 is 0 Å². The molecular formula is C17H26N2. The van der Waals surface area contributed by atoms with Crippen molar-refractivity contribution in [2.75, 3.05) is 0 Å². The standard InChI is InChI=1S/C17H26N2/c1-11(18)6-8-14-12(2)19-16-9-7-13(10-15(14)16)17(3,4)5/h7,9-11,19H,6,8,18H2,1-5H3. The summed E-state index contributed by atoms with van der Waals surface area (Å²) in [7, 11) is 0. The van der Waals surface area contributed by atoms with E-state index in [1.165, 1.54) is 27.7 Å². The van der Waals surface area contributed by atoms with Crippen LogP contribution in [-0.4, -0.2) is 11.0 Å². The highest BCUT2D eigenvalue weighted by molar-refractivity contribution is 5.85. The highest BCUT2D eigenvalue weighted by atomic mass is 14.7. The number of hydrogen-bond donors (Lipinski definition) is 2. The first kappa shape index (κ1) is 14.1. The van der Waals surface area contributed by atoms with Crippen LogP contribution in [0.15, 0.2) is 18.2 Å². The molecule has 0 amide bonds. The molecule has 0 saturated heterocycles. The smallest absolute Gasteiger partial charge is 0.0459 e. The topological polar surface area (TPSA) is 41.8 Å². The molecule has 0 saturated carbocycles. The Bertz CT molecular complexity index is 571. The average Bonchev–Trinajstić information content (AvgIpc) is 2.59. The molecule has 104 valence electrons. The molecule has 0 spiro atoms. The molecule has 0 aliphatic heterocycles. The lowest BCUT2D eigenvalue weighted by Gasteiger charge is -2.19. The van der Waals surface area contributed by atoms with Gasteiger partial charge in [0.2, 0.25) is 0 Å². The van der Waals surface area contributed by atoms with Gasteiger partial charge in [-0.25, -0.2) is 0 Å². The fourth-order valence-corrected chi connectivity index (χ4v) is 2.54. The fourth-order valence-electron chi connectivity index (χ4n) is 2.54. The minimum absolute atomic E-state index is 0.192. The van der Waals surface area contributed by atoms with E-state index in [9.17, 15) is 0 Å². The molecule has 1 unspecified atom stereocenters. The van der Waals surface area contributed by atoms with Gasteiger partial charge in [0.05, 0.1) is 0 Å². The number of nitrogens with two attached hydrogens (primary N) is 1. The van der Waals surface area contributed by atoms with Crippen molar-refractivity contribution in [2.45, 2.75) is 58.9 Å². The summed E-state index contributed by atoms with van der Waals surface area (Å²) in [6.07, 6.45) is 2.09. The predicted octanol–water partition coefficient (Wildman–Crippen LogP) is 4.05. The van der Waals surface area contributed by atoms with Gasteiger partial charge in [0.15, 0.2) is 0 Å². The highest BCUT2D eigenvalue weighted by Gasteiger charge is 2.16. The maximum absolute atomic E-state index is 5.89. The number of H-pyrrole nitrogens is 1. The van der Waals surface area contributed by atoms with Gasteiger partial charge in [0.25, 0.3) is 0 Å². The van der Waals surface area contributed by atoms with E-state index in [0.29, 0.717) is 0 Å². The van der Waals surface area contributed by atoms with Crippen LogP contribution in [0.5, 0.6) is 0 Å². The number of rotatable bonds is 3. The number of hydrogen-bond acceptors (Lipinski definition) is 1. The normalized spacial score (nSPS) is 14.0. The summed E-state index contributed by atoms with van der Waals surface area (Å²) >= 11 is 0. The van der Waals surface area contributed by atoms with Gasteiger partial charge in [-0.3, -0.25) is 0 Å². The fraction of sp³-hybridized carbons (Fsp3) is 0.529. The summed E-state index contributed by atoms with van der Waals surface area (Å²) in [5.74, 6) is 0. The molecule has 0 radical (unpaired) electrons. The van der Waals surface area contributed by atoms with Crippen molar-refractivity contribution in [2.24, 2.45) is 5.73 Å². The van der Waals surface area contributed by atoms with E-state index in [4.69, 9.17) is 5.73 Å². The summed E-state index contributed by atoms with van der Waals surface area (Å²) in [5.41, 5.74) is 11.4. The van der Waals surface area contributed by atoms with Crippen LogP contribution in [0.25, 0.3) is 10.9 Å². The predicted molar refractivity (Wildman–Crippen MR) is 83.7 cm³/mol. The Kier molecular flexibility index (Phi) is 3.73. The number of benzene rings is 1. The monoisotopic (exact) mass is 258 g/mol. The van der Waals surface area contributed by atoms with Gasteiger partial charge in [0, 0.05) is 22.6 Å². The van der Waals surface area contributed by atoms with Gasteiger partial charge in [-0.2, -0.15) is 0 Å². The van der Waals surface area contributed by atoms with Crippen molar-refractivity contribution in [1.82, 2.24) is 4.98 Å². The molecule has 0 aliphatic carbocycles. The molecule has 2 heteroatoms. The zero-order valence-electron chi connectivity index (χ0n) is 12.8. The van der Waals surface area contributed by atoms with Crippen molar-refractivity contribution in [1.29, 1.82) is 0 Å². The molecule has 0 fully saturated rings. The van der Waals surface area contributed by atoms with Gasteiger partial charge in [-0.1, -0.05) is 26.8 Å². The van der Waals surface area contributed by atoms with Crippen LogP contribution in [0.4, 0.5) is 0 Å². The van der Waals surface area contributed by atoms with Crippen molar-refractivity contribution in [3.8, 4) is 0 Å². The Morgan fingerprint density at radius 3 is 2.53 bits per heavy atom. The molecule has 1 aromatic carbocycles. The van der Waals surface area contributed by atoms with Crippen LogP contribution in [0.2, 0.25) is 0 Å². The lowest BCUT2D eigenvalue weighted by atomic mass is 9.86. The van der Waals surface area contributed by atoms with Gasteiger partial charge < -0.3 is 10.7 Å². The Balaban J connectivity index is 2.47. The van der Waals surface area contributed by atoms with Crippen molar-refractivity contribution in [3.05, 3.63) is 35.0 Å². The Morgan fingerprint density at radius 2 is 1.95 bits per heavy atom. The van der Waals surface area contributed by atoms with Gasteiger partial charge >= 0.3 is 0 Å². The molecule has 2 rings (SSSR count). The van der Waals surface area contributed by atoms with Gasteiger partial charge in [0.1, 0.15) is 0 Å². The molecule has 1 aromatic heterocycles. The van der Waals surface area contributed by atoms with Crippen LogP contribution in [0.1, 0.15) is 50.9 Å². The van der Waals surface area contributed by atoms with Crippen molar-refractivity contribution < 1.29 is 0 Å². The first-order valence-corrected chi connectivity index (χ1v) is 7.16. The second-order valence-corrected chi connectivity index (χ2v) is 6.75. The van der Waals surface area contributed by atoms with Crippen LogP contribution in [0, 0.1) is 6.92 Å². The Labute approximate surface area is 116 Å². The van der Waals surface area contributed by atoms with Gasteiger partial charge in [-0.05, 0) is 55.4 Å². The number of aryl methyl sites for hydroxylation is 2. The summed E-state index contributed by atoms with van der Waals surface area (Å²) in [6.45, 7) is 11.0. The Morgan fingerprint density at radius 1 is 1.26 bits per heavy atom. The number of fused-ring (bicyclic) bond motifs is 1. The van der Waals surface area contributed by atoms with Crippen molar-refractivity contribution >= 4 is 10.9 Å². The zero-order valence-corrected chi connectivity index (χ0v) is 12.8. The van der Waals surface area contributed by atoms with E-state index in [0.717, 1.165) is 12.8 Å². The van der Waals surface area contributed by atoms with E-state index in [2.05, 4.69) is 57.8 Å². The summed E-state index contributed by atoms with van der Waals surface area (Å²) in [4.78, 5) is 3.49. The third kappa shape index (κ3) is 3.01. The quantitative estimate of drug-likeness (QED) is 0.856. The molecule has 0 bridgehead atoms. The average molecular weight is 258 g/mol. The third-order valence-electron chi connectivity index (χ3n) is 3.84. The summed E-state index contributed by atoms with van der Waals surface area (Å²) < 4.78 is 0. The first-order chi connectivity index (χ1) is 8.79. The zero-order chi connectivity index (χ0) is 14.2. The number of nitrogens with one attached hydrogen (secondary N) is 1. The van der Waals surface area contributed by atoms with Crippen LogP contribution in [-0.2, 0) is 11.8 Å². The summed E-state index contributed by atoms with van der Waals surface area (Å²) in [6, 6.07) is 7.04. The molecule has 2 aromatic rings. The van der Waals surface area contributed by atoms with Crippen molar-refractivity contribution in [3.63, 3.8) is 0 Å². The maximum atomic E-state index is 5.89. The third-order valence-corrected chi connectivity index (χ3v) is 3.84.